The van der Waals surface area contributed by atoms with Gasteiger partial charge in [0.15, 0.2) is 0 Å². The first-order valence-electron chi connectivity index (χ1n) is 7.04. The van der Waals surface area contributed by atoms with E-state index in [-0.39, 0.29) is 5.97 Å². The monoisotopic (exact) mass is 278 g/mol. The third kappa shape index (κ3) is 2.40. The van der Waals surface area contributed by atoms with E-state index in [1.54, 1.807) is 7.11 Å². The molecule has 2 atom stereocenters. The van der Waals surface area contributed by atoms with Crippen LogP contribution in [0.25, 0.3) is 0 Å². The number of aliphatic hydroxyl groups is 1. The van der Waals surface area contributed by atoms with Crippen LogP contribution in [0.1, 0.15) is 37.3 Å². The molecule has 4 nitrogen and oxygen atoms in total. The number of esters is 1. The summed E-state index contributed by atoms with van der Waals surface area (Å²) in [5.74, 6) is -0.0993. The van der Waals surface area contributed by atoms with Gasteiger partial charge in [0.2, 0.25) is 0 Å². The van der Waals surface area contributed by atoms with E-state index in [1.807, 2.05) is 25.1 Å². The molecule has 0 radical (unpaired) electrons. The van der Waals surface area contributed by atoms with E-state index in [0.29, 0.717) is 12.8 Å². The highest BCUT2D eigenvalue weighted by Gasteiger charge is 2.45. The van der Waals surface area contributed by atoms with E-state index in [4.69, 9.17) is 9.47 Å². The lowest BCUT2D eigenvalue weighted by molar-refractivity contribution is -0.158. The van der Waals surface area contributed by atoms with Crippen LogP contribution in [0, 0.1) is 5.92 Å². The molecule has 0 saturated carbocycles. The van der Waals surface area contributed by atoms with Gasteiger partial charge in [-0.05, 0) is 48.9 Å². The third-order valence-electron chi connectivity index (χ3n) is 4.25. The Hall–Kier alpha value is -1.55. The molecule has 0 aromatic heterocycles. The van der Waals surface area contributed by atoms with Gasteiger partial charge in [0.05, 0.1) is 20.1 Å². The van der Waals surface area contributed by atoms with Crippen molar-refractivity contribution in [2.75, 3.05) is 14.2 Å². The smallest absolute Gasteiger partial charge is 0.311 e. The molecule has 1 N–H and O–H groups in total. The van der Waals surface area contributed by atoms with Crippen molar-refractivity contribution in [2.24, 2.45) is 5.92 Å². The molecule has 0 fully saturated rings. The molecule has 0 spiro atoms. The Morgan fingerprint density at radius 3 is 2.80 bits per heavy atom. The quantitative estimate of drug-likeness (QED) is 0.859. The molecule has 0 saturated heterocycles. The Kier molecular flexibility index (Phi) is 4.33. The van der Waals surface area contributed by atoms with E-state index in [1.165, 1.54) is 7.11 Å². The predicted molar refractivity (Wildman–Crippen MR) is 75.6 cm³/mol. The van der Waals surface area contributed by atoms with Crippen molar-refractivity contribution in [2.45, 2.75) is 38.2 Å². The van der Waals surface area contributed by atoms with Crippen molar-refractivity contribution in [1.82, 2.24) is 0 Å². The minimum Gasteiger partial charge on any atom is -0.497 e. The lowest BCUT2D eigenvalue weighted by Gasteiger charge is -2.39. The number of benzene rings is 1. The van der Waals surface area contributed by atoms with Gasteiger partial charge in [-0.15, -0.1) is 0 Å². The van der Waals surface area contributed by atoms with Crippen LogP contribution in [0.15, 0.2) is 18.2 Å². The Labute approximate surface area is 119 Å². The lowest BCUT2D eigenvalue weighted by Crippen LogP contribution is -2.42. The highest BCUT2D eigenvalue weighted by atomic mass is 16.5. The van der Waals surface area contributed by atoms with E-state index in [2.05, 4.69) is 0 Å². The Bertz CT molecular complexity index is 497. The second kappa shape index (κ2) is 5.83. The number of hydrogen-bond acceptors (Lipinski definition) is 4. The number of ether oxygens (including phenoxy) is 2. The minimum absolute atomic E-state index is 0.348. The summed E-state index contributed by atoms with van der Waals surface area (Å²) in [6, 6.07) is 5.65. The summed E-state index contributed by atoms with van der Waals surface area (Å²) in [5, 5.41) is 11.1. The molecule has 2 unspecified atom stereocenters. The topological polar surface area (TPSA) is 55.8 Å². The van der Waals surface area contributed by atoms with Crippen LogP contribution < -0.4 is 4.74 Å². The zero-order chi connectivity index (χ0) is 14.8. The summed E-state index contributed by atoms with van der Waals surface area (Å²) < 4.78 is 10.1. The molecule has 1 aromatic carbocycles. The molecule has 0 heterocycles. The van der Waals surface area contributed by atoms with Crippen molar-refractivity contribution in [3.05, 3.63) is 29.3 Å². The van der Waals surface area contributed by atoms with Gasteiger partial charge in [0.25, 0.3) is 0 Å². The van der Waals surface area contributed by atoms with Crippen LogP contribution in [0.3, 0.4) is 0 Å². The number of hydrogen-bond donors (Lipinski definition) is 1. The predicted octanol–water partition coefficient (Wildman–Crippen LogP) is 2.42. The van der Waals surface area contributed by atoms with Gasteiger partial charge >= 0.3 is 5.97 Å². The molecule has 0 bridgehead atoms. The van der Waals surface area contributed by atoms with Crippen LogP contribution in [-0.2, 0) is 21.6 Å². The van der Waals surface area contributed by atoms with Crippen molar-refractivity contribution >= 4 is 5.97 Å². The summed E-state index contributed by atoms with van der Waals surface area (Å²) >= 11 is 0. The van der Waals surface area contributed by atoms with Gasteiger partial charge in [-0.25, -0.2) is 0 Å². The van der Waals surface area contributed by atoms with Crippen molar-refractivity contribution in [3.63, 3.8) is 0 Å². The second-order valence-corrected chi connectivity index (χ2v) is 5.28. The van der Waals surface area contributed by atoms with Crippen LogP contribution in [-0.4, -0.2) is 25.3 Å². The zero-order valence-corrected chi connectivity index (χ0v) is 12.3. The summed E-state index contributed by atoms with van der Waals surface area (Å²) in [6.07, 6.45) is 2.88. The van der Waals surface area contributed by atoms with Gasteiger partial charge in [-0.2, -0.15) is 0 Å². The SMILES string of the molecule is CCC(C(=O)OC)C1(O)CCCc2cc(OC)ccc21. The molecule has 1 aliphatic carbocycles. The fourth-order valence-electron chi connectivity index (χ4n) is 3.21. The minimum atomic E-state index is -1.14. The highest BCUT2D eigenvalue weighted by Crippen LogP contribution is 2.43. The largest absolute Gasteiger partial charge is 0.497 e. The summed E-state index contributed by atoms with van der Waals surface area (Å²) in [5.41, 5.74) is 0.754. The molecule has 1 aromatic rings. The Balaban J connectivity index is 2.46. The third-order valence-corrected chi connectivity index (χ3v) is 4.25. The molecule has 0 amide bonds. The molecule has 1 aliphatic rings. The maximum absolute atomic E-state index is 12.0. The van der Waals surface area contributed by atoms with E-state index < -0.39 is 11.5 Å². The number of rotatable bonds is 4. The molecule has 2 rings (SSSR count). The fourth-order valence-corrected chi connectivity index (χ4v) is 3.21. The van der Waals surface area contributed by atoms with E-state index in [9.17, 15) is 9.90 Å². The average molecular weight is 278 g/mol. The molecule has 4 heteroatoms. The number of methoxy groups -OCH3 is 2. The van der Waals surface area contributed by atoms with Crippen molar-refractivity contribution in [1.29, 1.82) is 0 Å². The van der Waals surface area contributed by atoms with Crippen molar-refractivity contribution in [3.8, 4) is 5.75 Å². The van der Waals surface area contributed by atoms with Crippen LogP contribution >= 0.6 is 0 Å². The van der Waals surface area contributed by atoms with Gasteiger partial charge in [0, 0.05) is 0 Å². The van der Waals surface area contributed by atoms with Crippen molar-refractivity contribution < 1.29 is 19.4 Å². The number of fused-ring (bicyclic) bond motifs is 1. The van der Waals surface area contributed by atoms with Gasteiger partial charge in [0.1, 0.15) is 11.4 Å². The first-order chi connectivity index (χ1) is 9.56. The molecule has 110 valence electrons. The molecular formula is C16H22O4. The second-order valence-electron chi connectivity index (χ2n) is 5.28. The summed E-state index contributed by atoms with van der Waals surface area (Å²) in [6.45, 7) is 1.90. The standard InChI is InChI=1S/C16H22O4/c1-4-13(15(17)20-3)16(18)9-5-6-11-10-12(19-2)7-8-14(11)16/h7-8,10,13,18H,4-6,9H2,1-3H3. The van der Waals surface area contributed by atoms with E-state index >= 15 is 0 Å². The number of carbonyl (C=O) groups is 1. The molecular weight excluding hydrogens is 256 g/mol. The van der Waals surface area contributed by atoms with E-state index in [0.717, 1.165) is 29.7 Å². The first kappa shape index (κ1) is 14.9. The average Bonchev–Trinajstić information content (AvgIpc) is 2.47. The highest BCUT2D eigenvalue weighted by molar-refractivity contribution is 5.74. The Morgan fingerprint density at radius 2 is 2.20 bits per heavy atom. The van der Waals surface area contributed by atoms with Gasteiger partial charge in [-0.1, -0.05) is 13.0 Å². The fraction of sp³-hybridized carbons (Fsp3) is 0.562. The van der Waals surface area contributed by atoms with Gasteiger partial charge < -0.3 is 14.6 Å². The van der Waals surface area contributed by atoms with Crippen LogP contribution in [0.5, 0.6) is 5.75 Å². The van der Waals surface area contributed by atoms with Crippen LogP contribution in [0.2, 0.25) is 0 Å². The summed E-state index contributed by atoms with van der Waals surface area (Å²) in [4.78, 5) is 12.0. The number of carbonyl (C=O) groups excluding carboxylic acids is 1. The molecule has 0 aliphatic heterocycles. The maximum atomic E-state index is 12.0. The first-order valence-corrected chi connectivity index (χ1v) is 7.04. The normalized spacial score (nSPS) is 22.8. The maximum Gasteiger partial charge on any atom is 0.311 e. The van der Waals surface area contributed by atoms with Gasteiger partial charge in [-0.3, -0.25) is 4.79 Å². The molecule has 20 heavy (non-hydrogen) atoms. The number of aryl methyl sites for hydroxylation is 1. The summed E-state index contributed by atoms with van der Waals surface area (Å²) in [7, 11) is 2.99. The van der Waals surface area contributed by atoms with Crippen LogP contribution in [0.4, 0.5) is 0 Å². The Morgan fingerprint density at radius 1 is 1.45 bits per heavy atom. The lowest BCUT2D eigenvalue weighted by atomic mass is 9.71. The zero-order valence-electron chi connectivity index (χ0n) is 12.3.